The Labute approximate surface area is 458 Å². The zero-order chi connectivity index (χ0) is 53.6. The summed E-state index contributed by atoms with van der Waals surface area (Å²) in [7, 11) is 0. The van der Waals surface area contributed by atoms with Gasteiger partial charge in [0.25, 0.3) is 0 Å². The molecule has 1 aliphatic heterocycles. The van der Waals surface area contributed by atoms with Crippen LogP contribution >= 0.6 is 0 Å². The molecule has 1 heterocycles. The second kappa shape index (κ2) is 55.3. The van der Waals surface area contributed by atoms with Crippen molar-refractivity contribution < 1.29 is 39.8 Å². The SMILES string of the molecule is CCCCCCCCCCCCCCCCCCCCCCCCCCC/C=C/C(O)C(COC1OC(CO)C(O)C(O)C1O)NC(=O)CCCCCCCCCCCCCCCCCCCCCCCCCC. The van der Waals surface area contributed by atoms with Gasteiger partial charge in [-0.2, -0.15) is 0 Å². The molecule has 6 N–H and O–H groups in total. The van der Waals surface area contributed by atoms with Crippen LogP contribution in [0, 0.1) is 0 Å². The number of aliphatic hydroxyl groups is 5. The Morgan fingerprint density at radius 1 is 0.446 bits per heavy atom. The van der Waals surface area contributed by atoms with Gasteiger partial charge in [0.1, 0.15) is 24.4 Å². The Balaban J connectivity index is 2.15. The first-order valence-electron chi connectivity index (χ1n) is 32.9. The second-order valence-corrected chi connectivity index (χ2v) is 23.3. The molecular weight excluding hydrogens is 923 g/mol. The van der Waals surface area contributed by atoms with Gasteiger partial charge < -0.3 is 40.3 Å². The molecule has 0 aromatic heterocycles. The van der Waals surface area contributed by atoms with Crippen molar-refractivity contribution in [3.05, 3.63) is 12.2 Å². The van der Waals surface area contributed by atoms with Gasteiger partial charge in [0.2, 0.25) is 5.91 Å². The van der Waals surface area contributed by atoms with Gasteiger partial charge in [-0.05, 0) is 19.3 Å². The Kier molecular flexibility index (Phi) is 53.0. The normalized spacial score (nSPS) is 18.9. The molecule has 1 rings (SSSR count). The Bertz CT molecular complexity index is 1170. The van der Waals surface area contributed by atoms with Crippen LogP contribution in [0.4, 0.5) is 0 Å². The van der Waals surface area contributed by atoms with Gasteiger partial charge in [0.05, 0.1) is 25.4 Å². The number of carbonyl (C=O) groups is 1. The van der Waals surface area contributed by atoms with Crippen molar-refractivity contribution in [3.8, 4) is 0 Å². The van der Waals surface area contributed by atoms with Crippen LogP contribution in [0.25, 0.3) is 0 Å². The molecule has 7 unspecified atom stereocenters. The standard InChI is InChI=1S/C65H127NO8/c1-3-5-7-9-11-13-15-17-19-21-23-25-27-29-30-31-32-34-36-38-40-42-44-46-48-50-52-54-59(68)58(57-73-65-64(72)63(71)62(70)60(56-67)74-65)66-61(69)55-53-51-49-47-45-43-41-39-37-35-33-28-26-24-22-20-18-16-14-12-10-8-6-4-2/h52,54,58-60,62-65,67-68,70-72H,3-51,53,55-57H2,1-2H3,(H,66,69)/b54-52+. The van der Waals surface area contributed by atoms with Gasteiger partial charge in [0.15, 0.2) is 6.29 Å². The highest BCUT2D eigenvalue weighted by molar-refractivity contribution is 5.76. The van der Waals surface area contributed by atoms with Gasteiger partial charge in [-0.15, -0.1) is 0 Å². The van der Waals surface area contributed by atoms with Crippen molar-refractivity contribution in [2.75, 3.05) is 13.2 Å². The lowest BCUT2D eigenvalue weighted by atomic mass is 9.99. The van der Waals surface area contributed by atoms with E-state index in [9.17, 15) is 30.3 Å². The van der Waals surface area contributed by atoms with E-state index in [1.807, 2.05) is 6.08 Å². The van der Waals surface area contributed by atoms with Crippen molar-refractivity contribution in [1.29, 1.82) is 0 Å². The summed E-state index contributed by atoms with van der Waals surface area (Å²) in [5, 5.41) is 54.7. The average molecular weight is 1050 g/mol. The van der Waals surface area contributed by atoms with Crippen LogP contribution in [0.1, 0.15) is 341 Å². The molecule has 0 bridgehead atoms. The number of amides is 1. The molecular formula is C65H127NO8. The smallest absolute Gasteiger partial charge is 0.220 e. The minimum atomic E-state index is -1.56. The molecule has 0 aliphatic carbocycles. The molecule has 1 amide bonds. The summed E-state index contributed by atoms with van der Waals surface area (Å²) in [6.45, 7) is 3.84. The third-order valence-electron chi connectivity index (χ3n) is 16.1. The topological polar surface area (TPSA) is 149 Å². The van der Waals surface area contributed by atoms with Gasteiger partial charge in [0, 0.05) is 6.42 Å². The summed E-state index contributed by atoms with van der Waals surface area (Å²) in [6, 6.07) is -0.801. The number of ether oxygens (including phenoxy) is 2. The fraction of sp³-hybridized carbons (Fsp3) is 0.954. The number of unbranched alkanes of at least 4 members (excludes halogenated alkanes) is 48. The van der Waals surface area contributed by atoms with Crippen LogP contribution in [-0.4, -0.2) is 87.5 Å². The molecule has 7 atom stereocenters. The van der Waals surface area contributed by atoms with Crippen LogP contribution in [0.3, 0.4) is 0 Å². The molecule has 74 heavy (non-hydrogen) atoms. The molecule has 440 valence electrons. The minimum absolute atomic E-state index is 0.168. The van der Waals surface area contributed by atoms with E-state index in [4.69, 9.17) is 9.47 Å². The molecule has 0 spiro atoms. The van der Waals surface area contributed by atoms with Crippen molar-refractivity contribution in [3.63, 3.8) is 0 Å². The van der Waals surface area contributed by atoms with E-state index < -0.39 is 49.5 Å². The largest absolute Gasteiger partial charge is 0.394 e. The number of carbonyl (C=O) groups excluding carboxylic acids is 1. The quantitative estimate of drug-likeness (QED) is 0.0261. The first-order valence-corrected chi connectivity index (χ1v) is 32.9. The van der Waals surface area contributed by atoms with Crippen molar-refractivity contribution in [2.45, 2.75) is 384 Å². The summed E-state index contributed by atoms with van der Waals surface area (Å²) in [5.41, 5.74) is 0. The predicted octanol–water partition coefficient (Wildman–Crippen LogP) is 17.1. The number of hydrogen-bond acceptors (Lipinski definition) is 8. The summed E-state index contributed by atoms with van der Waals surface area (Å²) >= 11 is 0. The first-order chi connectivity index (χ1) is 36.3. The molecule has 1 aliphatic rings. The van der Waals surface area contributed by atoms with Crippen LogP contribution in [0.5, 0.6) is 0 Å². The van der Waals surface area contributed by atoms with E-state index in [-0.39, 0.29) is 12.5 Å². The van der Waals surface area contributed by atoms with E-state index in [1.165, 1.54) is 283 Å². The number of hydrogen-bond donors (Lipinski definition) is 6. The van der Waals surface area contributed by atoms with E-state index in [0.29, 0.717) is 6.42 Å². The van der Waals surface area contributed by atoms with E-state index in [1.54, 1.807) is 6.08 Å². The number of aliphatic hydroxyl groups excluding tert-OH is 5. The second-order valence-electron chi connectivity index (χ2n) is 23.3. The third kappa shape index (κ3) is 43.9. The predicted molar refractivity (Wildman–Crippen MR) is 314 cm³/mol. The molecule has 0 aromatic carbocycles. The molecule has 1 saturated heterocycles. The van der Waals surface area contributed by atoms with Crippen LogP contribution in [0.15, 0.2) is 12.2 Å². The van der Waals surface area contributed by atoms with E-state index in [2.05, 4.69) is 19.2 Å². The number of rotatable bonds is 58. The fourth-order valence-electron chi connectivity index (χ4n) is 10.9. The number of allylic oxidation sites excluding steroid dienone is 1. The average Bonchev–Trinajstić information content (AvgIpc) is 3.40. The lowest BCUT2D eigenvalue weighted by Gasteiger charge is -2.40. The van der Waals surface area contributed by atoms with Gasteiger partial charge in [-0.3, -0.25) is 4.79 Å². The lowest BCUT2D eigenvalue weighted by Crippen LogP contribution is -2.60. The summed E-state index contributed by atoms with van der Waals surface area (Å²) in [5.74, 6) is -0.168. The molecule has 9 heteroatoms. The van der Waals surface area contributed by atoms with E-state index in [0.717, 1.165) is 38.5 Å². The van der Waals surface area contributed by atoms with Crippen molar-refractivity contribution in [1.82, 2.24) is 5.32 Å². The molecule has 1 fully saturated rings. The van der Waals surface area contributed by atoms with Crippen molar-refractivity contribution in [2.24, 2.45) is 0 Å². The zero-order valence-electron chi connectivity index (χ0n) is 49.1. The highest BCUT2D eigenvalue weighted by Crippen LogP contribution is 2.23. The Morgan fingerprint density at radius 3 is 1.05 bits per heavy atom. The lowest BCUT2D eigenvalue weighted by molar-refractivity contribution is -0.302. The first kappa shape index (κ1) is 70.9. The third-order valence-corrected chi connectivity index (χ3v) is 16.1. The van der Waals surface area contributed by atoms with Crippen LogP contribution in [0.2, 0.25) is 0 Å². The van der Waals surface area contributed by atoms with Gasteiger partial charge in [-0.1, -0.05) is 328 Å². The Hall–Kier alpha value is -1.07. The van der Waals surface area contributed by atoms with Gasteiger partial charge >= 0.3 is 0 Å². The number of nitrogens with one attached hydrogen (secondary N) is 1. The Morgan fingerprint density at radius 2 is 0.743 bits per heavy atom. The van der Waals surface area contributed by atoms with Gasteiger partial charge in [-0.25, -0.2) is 0 Å². The summed E-state index contributed by atoms with van der Waals surface area (Å²) in [6.07, 6.45) is 63.0. The monoisotopic (exact) mass is 1050 g/mol. The van der Waals surface area contributed by atoms with Crippen LogP contribution in [-0.2, 0) is 14.3 Å². The highest BCUT2D eigenvalue weighted by atomic mass is 16.7. The highest BCUT2D eigenvalue weighted by Gasteiger charge is 2.44. The molecule has 0 aromatic rings. The maximum absolute atomic E-state index is 13.1. The molecule has 9 nitrogen and oxygen atoms in total. The van der Waals surface area contributed by atoms with Crippen molar-refractivity contribution >= 4 is 5.91 Å². The zero-order valence-corrected chi connectivity index (χ0v) is 49.1. The minimum Gasteiger partial charge on any atom is -0.394 e. The van der Waals surface area contributed by atoms with Crippen LogP contribution < -0.4 is 5.32 Å². The molecule has 0 radical (unpaired) electrons. The summed E-state index contributed by atoms with van der Waals surface area (Å²) < 4.78 is 11.3. The maximum atomic E-state index is 13.1. The van der Waals surface area contributed by atoms with E-state index >= 15 is 0 Å². The fourth-order valence-corrected chi connectivity index (χ4v) is 10.9. The molecule has 0 saturated carbocycles. The maximum Gasteiger partial charge on any atom is 0.220 e. The summed E-state index contributed by atoms with van der Waals surface area (Å²) in [4.78, 5) is 13.1.